The first-order chi connectivity index (χ1) is 26.5. The summed E-state index contributed by atoms with van der Waals surface area (Å²) in [6.45, 7) is 27.6. The number of hydrogen-bond acceptors (Lipinski definition) is 3. The Hall–Kier alpha value is -0.120. The second-order valence-corrected chi connectivity index (χ2v) is 24.4. The van der Waals surface area contributed by atoms with E-state index in [9.17, 15) is 15.3 Å². The van der Waals surface area contributed by atoms with Gasteiger partial charge in [-0.1, -0.05) is 115 Å². The van der Waals surface area contributed by atoms with E-state index in [-0.39, 0.29) is 12.2 Å². The van der Waals surface area contributed by atoms with E-state index in [1.807, 2.05) is 0 Å². The minimum Gasteiger partial charge on any atom is -0.396 e. The quantitative estimate of drug-likeness (QED) is 0.230. The van der Waals surface area contributed by atoms with Crippen LogP contribution in [0.3, 0.4) is 0 Å². The molecule has 0 aliphatic heterocycles. The van der Waals surface area contributed by atoms with E-state index < -0.39 is 0 Å². The predicted octanol–water partition coefficient (Wildman–Crippen LogP) is 13.2. The highest BCUT2D eigenvalue weighted by Gasteiger charge is 2.66. The summed E-state index contributed by atoms with van der Waals surface area (Å²) in [5.74, 6) is 11.4. The SMILES string of the molecule is CCC[C@@H](C)[C@H]1CCC2[C@H]3C(CC[C@@]21C)[C@@]1(C)CC[C@@H](C)C[C@H]1[C@@H](CC)[C@H]3O.CC[C@H]1[C@@H](O)[C@H]2C3CC[C@H]([C@H](C)CCO)[C@@]3(C)CCC2[C@@]2(C)CC[C@@H](C)C[C@@H]12. The first-order valence-electron chi connectivity index (χ1n) is 25.5. The molecule has 22 atom stereocenters. The van der Waals surface area contributed by atoms with Gasteiger partial charge in [0.15, 0.2) is 0 Å². The zero-order valence-electron chi connectivity index (χ0n) is 38.9. The monoisotopic (exact) mass is 779 g/mol. The topological polar surface area (TPSA) is 60.7 Å². The molecule has 0 spiro atoms. The summed E-state index contributed by atoms with van der Waals surface area (Å²) >= 11 is 0. The van der Waals surface area contributed by atoms with Gasteiger partial charge in [0.1, 0.15) is 0 Å². The number of aliphatic hydroxyl groups excluding tert-OH is 3. The van der Waals surface area contributed by atoms with Gasteiger partial charge in [-0.05, 0) is 200 Å². The smallest absolute Gasteiger partial charge is 0.0605 e. The molecule has 0 aromatic carbocycles. The van der Waals surface area contributed by atoms with Crippen molar-refractivity contribution in [2.24, 2.45) is 116 Å². The van der Waals surface area contributed by atoms with Crippen LogP contribution in [-0.4, -0.2) is 34.1 Å². The summed E-state index contributed by atoms with van der Waals surface area (Å²) in [6, 6.07) is 0. The molecule has 324 valence electrons. The molecule has 0 bridgehead atoms. The first kappa shape index (κ1) is 44.0. The van der Waals surface area contributed by atoms with Crippen molar-refractivity contribution in [3.63, 3.8) is 0 Å². The van der Waals surface area contributed by atoms with E-state index in [1.54, 1.807) is 0 Å². The molecule has 0 heterocycles. The maximum atomic E-state index is 11.8. The van der Waals surface area contributed by atoms with Gasteiger partial charge < -0.3 is 15.3 Å². The van der Waals surface area contributed by atoms with Crippen LogP contribution >= 0.6 is 0 Å². The van der Waals surface area contributed by atoms with E-state index in [2.05, 4.69) is 76.2 Å². The van der Waals surface area contributed by atoms with Crippen molar-refractivity contribution >= 4 is 0 Å². The zero-order valence-corrected chi connectivity index (χ0v) is 38.9. The van der Waals surface area contributed by atoms with E-state index in [1.165, 1.54) is 109 Å². The lowest BCUT2D eigenvalue weighted by Crippen LogP contribution is -2.61. The van der Waals surface area contributed by atoms with Crippen molar-refractivity contribution in [3.8, 4) is 0 Å². The molecule has 0 aromatic rings. The Morgan fingerprint density at radius 3 is 1.25 bits per heavy atom. The molecule has 0 amide bonds. The van der Waals surface area contributed by atoms with Crippen molar-refractivity contribution in [1.82, 2.24) is 0 Å². The van der Waals surface area contributed by atoms with Gasteiger partial charge in [0.25, 0.3) is 0 Å². The molecule has 56 heavy (non-hydrogen) atoms. The summed E-state index contributed by atoms with van der Waals surface area (Å²) in [7, 11) is 0. The fraction of sp³-hybridized carbons (Fsp3) is 1.00. The molecule has 4 unspecified atom stereocenters. The molecule has 0 radical (unpaired) electrons. The fourth-order valence-corrected chi connectivity index (χ4v) is 19.4. The van der Waals surface area contributed by atoms with Crippen LogP contribution in [-0.2, 0) is 0 Å². The van der Waals surface area contributed by atoms with Crippen molar-refractivity contribution in [3.05, 3.63) is 0 Å². The standard InChI is InChI=1S/C27H48O.C26H46O2/c1-7-9-18(4)20-10-11-21-24-22(13-15-26(20,21)5)27(6)14-12-17(3)16-23(27)19(8-2)25(24)28;1-6-18-22-15-16(2)9-12-26(22,5)21-10-13-25(4)19(17(3)11-14-27)7-8-20(25)23(21)24(18)28/h17-25,28H,7-16H2,1-6H3;16-24,27-28H,6-15H2,1-5H3/t17-,18-,19-,20-,21?,22?,23+,24+,25-,26-,27-;16-,17-,18-,19-,20?,21?,22+,23+,24-,25-,26-/m11/s1. The summed E-state index contributed by atoms with van der Waals surface area (Å²) in [5.41, 5.74) is 1.80. The van der Waals surface area contributed by atoms with E-state index in [0.29, 0.717) is 63.8 Å². The number of hydrogen-bond donors (Lipinski definition) is 3. The summed E-state index contributed by atoms with van der Waals surface area (Å²) in [4.78, 5) is 0. The molecular formula is C53H94O3. The third-order valence-electron chi connectivity index (χ3n) is 22.2. The van der Waals surface area contributed by atoms with Crippen LogP contribution in [0.25, 0.3) is 0 Å². The Balaban J connectivity index is 0.000000172. The Labute approximate surface area is 347 Å². The van der Waals surface area contributed by atoms with E-state index in [4.69, 9.17) is 0 Å². The zero-order chi connectivity index (χ0) is 40.5. The minimum absolute atomic E-state index is 0.0387. The van der Waals surface area contributed by atoms with Crippen molar-refractivity contribution in [1.29, 1.82) is 0 Å². The highest BCUT2D eigenvalue weighted by atomic mass is 16.3. The van der Waals surface area contributed by atoms with Crippen molar-refractivity contribution < 1.29 is 15.3 Å². The number of fused-ring (bicyclic) bond motifs is 10. The molecule has 0 saturated heterocycles. The average Bonchev–Trinajstić information content (AvgIpc) is 3.71. The van der Waals surface area contributed by atoms with Gasteiger partial charge >= 0.3 is 0 Å². The third-order valence-corrected chi connectivity index (χ3v) is 22.2. The maximum absolute atomic E-state index is 11.8. The molecule has 0 aromatic heterocycles. The first-order valence-corrected chi connectivity index (χ1v) is 25.5. The Morgan fingerprint density at radius 2 is 0.875 bits per heavy atom. The minimum atomic E-state index is -0.0881. The molecule has 8 aliphatic rings. The molecule has 8 rings (SSSR count). The second-order valence-electron chi connectivity index (χ2n) is 24.4. The molecule has 3 heteroatoms. The van der Waals surface area contributed by atoms with Crippen LogP contribution in [0, 0.1) is 116 Å². The highest BCUT2D eigenvalue weighted by Crippen LogP contribution is 2.71. The van der Waals surface area contributed by atoms with Gasteiger partial charge in [-0.2, -0.15) is 0 Å². The number of rotatable bonds is 8. The largest absolute Gasteiger partial charge is 0.396 e. The molecule has 3 nitrogen and oxygen atoms in total. The van der Waals surface area contributed by atoms with Gasteiger partial charge in [-0.15, -0.1) is 0 Å². The van der Waals surface area contributed by atoms with Crippen LogP contribution in [0.15, 0.2) is 0 Å². The van der Waals surface area contributed by atoms with Gasteiger partial charge in [0.2, 0.25) is 0 Å². The molecule has 8 saturated carbocycles. The Kier molecular flexibility index (Phi) is 13.1. The average molecular weight is 779 g/mol. The Bertz CT molecular complexity index is 1220. The molecule has 3 N–H and O–H groups in total. The highest BCUT2D eigenvalue weighted by molar-refractivity contribution is 5.15. The fourth-order valence-electron chi connectivity index (χ4n) is 19.4. The van der Waals surface area contributed by atoms with Crippen LogP contribution in [0.2, 0.25) is 0 Å². The maximum Gasteiger partial charge on any atom is 0.0605 e. The lowest BCUT2D eigenvalue weighted by molar-refractivity contribution is -0.198. The summed E-state index contributed by atoms with van der Waals surface area (Å²) in [5, 5.41) is 33.1. The lowest BCUT2D eigenvalue weighted by Gasteiger charge is -2.65. The van der Waals surface area contributed by atoms with Gasteiger partial charge in [-0.25, -0.2) is 0 Å². The van der Waals surface area contributed by atoms with E-state index in [0.717, 1.165) is 72.0 Å². The van der Waals surface area contributed by atoms with Gasteiger partial charge in [-0.3, -0.25) is 0 Å². The predicted molar refractivity (Wildman–Crippen MR) is 235 cm³/mol. The molecule has 8 fully saturated rings. The van der Waals surface area contributed by atoms with Crippen molar-refractivity contribution in [2.75, 3.05) is 6.61 Å². The second kappa shape index (κ2) is 16.6. The molecule has 8 aliphatic carbocycles. The van der Waals surface area contributed by atoms with Crippen LogP contribution in [0.5, 0.6) is 0 Å². The van der Waals surface area contributed by atoms with Gasteiger partial charge in [0, 0.05) is 6.61 Å². The number of aliphatic hydroxyl groups is 3. The van der Waals surface area contributed by atoms with Crippen molar-refractivity contribution in [2.45, 2.75) is 210 Å². The van der Waals surface area contributed by atoms with Crippen LogP contribution in [0.1, 0.15) is 198 Å². The lowest BCUT2D eigenvalue weighted by atomic mass is 9.41. The Morgan fingerprint density at radius 1 is 0.500 bits per heavy atom. The summed E-state index contributed by atoms with van der Waals surface area (Å²) < 4.78 is 0. The summed E-state index contributed by atoms with van der Waals surface area (Å²) in [6.07, 6.45) is 25.1. The van der Waals surface area contributed by atoms with Crippen LogP contribution in [0.4, 0.5) is 0 Å². The van der Waals surface area contributed by atoms with E-state index >= 15 is 0 Å². The molecular weight excluding hydrogens is 685 g/mol. The van der Waals surface area contributed by atoms with Gasteiger partial charge in [0.05, 0.1) is 12.2 Å². The normalized spacial score (nSPS) is 54.5. The van der Waals surface area contributed by atoms with Crippen LogP contribution < -0.4 is 0 Å². The third kappa shape index (κ3) is 6.89.